The van der Waals surface area contributed by atoms with Gasteiger partial charge >= 0.3 is 6.09 Å². The fourth-order valence-electron chi connectivity index (χ4n) is 0.884. The molecule has 0 saturated carbocycles. The highest BCUT2D eigenvalue weighted by molar-refractivity contribution is 7.14. The summed E-state index contributed by atoms with van der Waals surface area (Å²) in [7, 11) is 0. The third-order valence-corrected chi connectivity index (χ3v) is 2.23. The van der Waals surface area contributed by atoms with Crippen LogP contribution in [-0.2, 0) is 4.74 Å². The second-order valence-corrected chi connectivity index (χ2v) is 5.08. The molecule has 1 rings (SSSR count). The Hall–Kier alpha value is -1.43. The van der Waals surface area contributed by atoms with Gasteiger partial charge in [0.2, 0.25) is 0 Å². The molecule has 1 N–H and O–H groups in total. The van der Waals surface area contributed by atoms with Crippen LogP contribution < -0.4 is 5.32 Å². The number of hydrogen-bond acceptors (Lipinski definition) is 5. The minimum Gasteiger partial charge on any atom is -0.444 e. The molecule has 0 saturated heterocycles. The molecule has 0 bridgehead atoms. The molecule has 1 aromatic heterocycles. The Morgan fingerprint density at radius 2 is 2.06 bits per heavy atom. The van der Waals surface area contributed by atoms with Gasteiger partial charge in [-0.05, 0) is 20.8 Å². The standard InChI is InChI=1S/C10H14N2O3S/c1-6(13)7-5-16-8(11-7)12-9(14)15-10(2,3)4/h5H,1-4H3,(H,11,12,14). The van der Waals surface area contributed by atoms with Crippen molar-refractivity contribution in [3.05, 3.63) is 11.1 Å². The van der Waals surface area contributed by atoms with E-state index in [0.29, 0.717) is 10.8 Å². The van der Waals surface area contributed by atoms with Crippen molar-refractivity contribution >= 4 is 28.3 Å². The van der Waals surface area contributed by atoms with Crippen molar-refractivity contribution in [3.8, 4) is 0 Å². The van der Waals surface area contributed by atoms with E-state index < -0.39 is 11.7 Å². The van der Waals surface area contributed by atoms with Crippen LogP contribution in [0.15, 0.2) is 5.38 Å². The van der Waals surface area contributed by atoms with Crippen LogP contribution in [0.1, 0.15) is 38.2 Å². The summed E-state index contributed by atoms with van der Waals surface area (Å²) >= 11 is 1.19. The lowest BCUT2D eigenvalue weighted by atomic mass is 10.2. The average molecular weight is 242 g/mol. The van der Waals surface area contributed by atoms with E-state index in [4.69, 9.17) is 4.74 Å². The summed E-state index contributed by atoms with van der Waals surface area (Å²) in [5.74, 6) is -0.131. The molecule has 88 valence electrons. The van der Waals surface area contributed by atoms with Crippen LogP contribution in [-0.4, -0.2) is 22.5 Å². The molecule has 1 amide bonds. The van der Waals surface area contributed by atoms with Gasteiger partial charge in [-0.1, -0.05) is 0 Å². The summed E-state index contributed by atoms with van der Waals surface area (Å²) < 4.78 is 5.04. The Kier molecular flexibility index (Phi) is 3.64. The van der Waals surface area contributed by atoms with Gasteiger partial charge in [0.15, 0.2) is 10.9 Å². The number of rotatable bonds is 2. The summed E-state index contributed by atoms with van der Waals surface area (Å²) in [5, 5.41) is 4.42. The molecule has 0 atom stereocenters. The molecule has 0 aliphatic rings. The number of thiazole rings is 1. The lowest BCUT2D eigenvalue weighted by molar-refractivity contribution is 0.0635. The van der Waals surface area contributed by atoms with E-state index >= 15 is 0 Å². The van der Waals surface area contributed by atoms with E-state index in [9.17, 15) is 9.59 Å². The maximum atomic E-state index is 11.4. The second-order valence-electron chi connectivity index (χ2n) is 4.22. The topological polar surface area (TPSA) is 68.3 Å². The molecule has 5 nitrogen and oxygen atoms in total. The zero-order valence-electron chi connectivity index (χ0n) is 9.66. The van der Waals surface area contributed by atoms with Crippen molar-refractivity contribution in [2.45, 2.75) is 33.3 Å². The summed E-state index contributed by atoms with van der Waals surface area (Å²) in [6.45, 7) is 6.74. The number of carbonyl (C=O) groups is 2. The highest BCUT2D eigenvalue weighted by atomic mass is 32.1. The normalized spacial score (nSPS) is 11.0. The zero-order valence-corrected chi connectivity index (χ0v) is 10.5. The summed E-state index contributed by atoms with van der Waals surface area (Å²) in [6, 6.07) is 0. The fourth-order valence-corrected chi connectivity index (χ4v) is 1.62. The molecule has 1 aromatic rings. The smallest absolute Gasteiger partial charge is 0.413 e. The van der Waals surface area contributed by atoms with Gasteiger partial charge < -0.3 is 4.74 Å². The Balaban J connectivity index is 2.60. The maximum Gasteiger partial charge on any atom is 0.413 e. The van der Waals surface area contributed by atoms with Crippen LogP contribution in [0, 0.1) is 0 Å². The number of ketones is 1. The third kappa shape index (κ3) is 3.98. The van der Waals surface area contributed by atoms with Gasteiger partial charge in [0.25, 0.3) is 0 Å². The first-order valence-electron chi connectivity index (χ1n) is 4.74. The van der Waals surface area contributed by atoms with Crippen molar-refractivity contribution in [2.24, 2.45) is 0 Å². The van der Waals surface area contributed by atoms with Crippen molar-refractivity contribution in [3.63, 3.8) is 0 Å². The van der Waals surface area contributed by atoms with Crippen LogP contribution in [0.4, 0.5) is 9.93 Å². The lowest BCUT2D eigenvalue weighted by Gasteiger charge is -2.18. The highest BCUT2D eigenvalue weighted by Gasteiger charge is 2.17. The van der Waals surface area contributed by atoms with Crippen LogP contribution in [0.5, 0.6) is 0 Å². The summed E-state index contributed by atoms with van der Waals surface area (Å²) in [4.78, 5) is 26.3. The molecule has 1 heterocycles. The van der Waals surface area contributed by atoms with Crippen molar-refractivity contribution < 1.29 is 14.3 Å². The van der Waals surface area contributed by atoms with Crippen LogP contribution in [0.25, 0.3) is 0 Å². The van der Waals surface area contributed by atoms with Gasteiger partial charge in [0, 0.05) is 12.3 Å². The Bertz CT molecular complexity index is 406. The quantitative estimate of drug-likeness (QED) is 0.809. The number of amides is 1. The SMILES string of the molecule is CC(=O)c1csc(NC(=O)OC(C)(C)C)n1. The van der Waals surface area contributed by atoms with Gasteiger partial charge in [-0.3, -0.25) is 10.1 Å². The van der Waals surface area contributed by atoms with Gasteiger partial charge in [-0.15, -0.1) is 11.3 Å². The molecular formula is C10H14N2O3S. The number of anilines is 1. The van der Waals surface area contributed by atoms with E-state index in [-0.39, 0.29) is 5.78 Å². The first-order valence-corrected chi connectivity index (χ1v) is 5.62. The Morgan fingerprint density at radius 3 is 2.50 bits per heavy atom. The molecule has 0 fully saturated rings. The number of Topliss-reactive ketones (excluding diaryl/α,β-unsaturated/α-hetero) is 1. The van der Waals surface area contributed by atoms with E-state index in [0.717, 1.165) is 0 Å². The molecule has 0 unspecified atom stereocenters. The number of carbonyl (C=O) groups excluding carboxylic acids is 2. The van der Waals surface area contributed by atoms with E-state index in [1.807, 2.05) is 0 Å². The van der Waals surface area contributed by atoms with Crippen molar-refractivity contribution in [1.82, 2.24) is 4.98 Å². The number of ether oxygens (including phenoxy) is 1. The number of nitrogens with one attached hydrogen (secondary N) is 1. The first-order chi connectivity index (χ1) is 7.28. The molecule has 6 heteroatoms. The first kappa shape index (κ1) is 12.6. The molecular weight excluding hydrogens is 228 g/mol. The Labute approximate surface area is 97.8 Å². The highest BCUT2D eigenvalue weighted by Crippen LogP contribution is 2.17. The van der Waals surface area contributed by atoms with E-state index in [1.165, 1.54) is 18.3 Å². The third-order valence-electron chi connectivity index (χ3n) is 1.47. The molecule has 0 spiro atoms. The molecule has 0 radical (unpaired) electrons. The number of nitrogens with zero attached hydrogens (tertiary/aromatic N) is 1. The van der Waals surface area contributed by atoms with Crippen molar-refractivity contribution in [2.75, 3.05) is 5.32 Å². The zero-order chi connectivity index (χ0) is 12.3. The molecule has 0 aliphatic carbocycles. The van der Waals surface area contributed by atoms with Crippen LogP contribution in [0.3, 0.4) is 0 Å². The summed E-state index contributed by atoms with van der Waals surface area (Å²) in [5.41, 5.74) is -0.207. The fraction of sp³-hybridized carbons (Fsp3) is 0.500. The molecule has 0 aliphatic heterocycles. The van der Waals surface area contributed by atoms with Crippen LogP contribution in [0.2, 0.25) is 0 Å². The lowest BCUT2D eigenvalue weighted by Crippen LogP contribution is -2.27. The summed E-state index contributed by atoms with van der Waals surface area (Å²) in [6.07, 6.45) is -0.572. The molecule has 0 aromatic carbocycles. The predicted octanol–water partition coefficient (Wildman–Crippen LogP) is 2.69. The van der Waals surface area contributed by atoms with Gasteiger partial charge in [-0.25, -0.2) is 9.78 Å². The Morgan fingerprint density at radius 1 is 1.44 bits per heavy atom. The predicted molar refractivity (Wildman–Crippen MR) is 62.0 cm³/mol. The average Bonchev–Trinajstić information content (AvgIpc) is 2.48. The van der Waals surface area contributed by atoms with E-state index in [1.54, 1.807) is 26.2 Å². The van der Waals surface area contributed by atoms with E-state index in [2.05, 4.69) is 10.3 Å². The maximum absolute atomic E-state index is 11.4. The minimum absolute atomic E-state index is 0.131. The molecule has 16 heavy (non-hydrogen) atoms. The monoisotopic (exact) mass is 242 g/mol. The number of hydrogen-bond donors (Lipinski definition) is 1. The number of aromatic nitrogens is 1. The van der Waals surface area contributed by atoms with Gasteiger partial charge in [0.05, 0.1) is 0 Å². The van der Waals surface area contributed by atoms with Gasteiger partial charge in [-0.2, -0.15) is 0 Å². The minimum atomic E-state index is -0.572. The largest absolute Gasteiger partial charge is 0.444 e. The van der Waals surface area contributed by atoms with Crippen molar-refractivity contribution in [1.29, 1.82) is 0 Å². The second kappa shape index (κ2) is 4.61. The van der Waals surface area contributed by atoms with Gasteiger partial charge in [0.1, 0.15) is 11.3 Å². The van der Waals surface area contributed by atoms with Crippen LogP contribution >= 0.6 is 11.3 Å².